The number of nitriles is 1. The second kappa shape index (κ2) is 6.21. The Labute approximate surface area is 94.8 Å². The summed E-state index contributed by atoms with van der Waals surface area (Å²) < 4.78 is 18.1. The van der Waals surface area contributed by atoms with Crippen molar-refractivity contribution >= 4 is 0 Å². The van der Waals surface area contributed by atoms with Crippen LogP contribution in [0.3, 0.4) is 0 Å². The summed E-state index contributed by atoms with van der Waals surface area (Å²) in [4.78, 5) is 0. The number of hydrogen-bond donors (Lipinski definition) is 1. The van der Waals surface area contributed by atoms with Crippen LogP contribution in [0.15, 0.2) is 18.2 Å². The first-order valence-electron chi connectivity index (χ1n) is 5.09. The van der Waals surface area contributed by atoms with E-state index < -0.39 is 5.82 Å². The van der Waals surface area contributed by atoms with E-state index in [4.69, 9.17) is 10.00 Å². The average molecular weight is 222 g/mol. The first-order chi connectivity index (χ1) is 7.67. The van der Waals surface area contributed by atoms with E-state index in [1.165, 1.54) is 6.07 Å². The molecule has 3 nitrogen and oxygen atoms in total. The zero-order valence-electron chi connectivity index (χ0n) is 9.46. The molecule has 0 saturated carbocycles. The van der Waals surface area contributed by atoms with E-state index in [2.05, 4.69) is 5.32 Å². The largest absolute Gasteiger partial charge is 0.380 e. The molecule has 0 radical (unpaired) electrons. The Hall–Kier alpha value is -1.44. The molecule has 16 heavy (non-hydrogen) atoms. The second-order valence-corrected chi connectivity index (χ2v) is 3.60. The fourth-order valence-electron chi connectivity index (χ4n) is 1.27. The Morgan fingerprint density at radius 2 is 2.31 bits per heavy atom. The third-order valence-corrected chi connectivity index (χ3v) is 2.31. The van der Waals surface area contributed by atoms with Gasteiger partial charge in [0.05, 0.1) is 11.7 Å². The van der Waals surface area contributed by atoms with Crippen LogP contribution in [0.2, 0.25) is 0 Å². The zero-order chi connectivity index (χ0) is 12.0. The van der Waals surface area contributed by atoms with Crippen molar-refractivity contribution in [2.45, 2.75) is 19.6 Å². The molecule has 1 rings (SSSR count). The molecular formula is C12H15FN2O. The quantitative estimate of drug-likeness (QED) is 0.826. The first-order valence-corrected chi connectivity index (χ1v) is 5.09. The van der Waals surface area contributed by atoms with Gasteiger partial charge in [-0.05, 0) is 24.6 Å². The molecule has 0 spiro atoms. The van der Waals surface area contributed by atoms with Gasteiger partial charge in [-0.2, -0.15) is 5.26 Å². The molecule has 0 aromatic heterocycles. The monoisotopic (exact) mass is 222 g/mol. The van der Waals surface area contributed by atoms with Crippen LogP contribution in [-0.4, -0.2) is 19.8 Å². The van der Waals surface area contributed by atoms with Crippen molar-refractivity contribution in [1.29, 1.82) is 5.26 Å². The lowest BCUT2D eigenvalue weighted by molar-refractivity contribution is 0.117. The Bertz CT molecular complexity index is 387. The SMILES string of the molecule is COC(C)CNCc1ccc(F)c(C#N)c1. The van der Waals surface area contributed by atoms with Gasteiger partial charge in [0, 0.05) is 20.2 Å². The first kappa shape index (κ1) is 12.6. The van der Waals surface area contributed by atoms with Gasteiger partial charge in [0.15, 0.2) is 0 Å². The molecule has 1 aromatic rings. The number of methoxy groups -OCH3 is 1. The Kier molecular flexibility index (Phi) is 4.90. The molecule has 0 aliphatic heterocycles. The maximum absolute atomic E-state index is 13.0. The van der Waals surface area contributed by atoms with Gasteiger partial charge in [0.2, 0.25) is 0 Å². The molecule has 86 valence electrons. The second-order valence-electron chi connectivity index (χ2n) is 3.60. The van der Waals surface area contributed by atoms with E-state index in [-0.39, 0.29) is 11.7 Å². The van der Waals surface area contributed by atoms with Crippen LogP contribution in [0, 0.1) is 17.1 Å². The molecule has 0 aliphatic carbocycles. The van der Waals surface area contributed by atoms with E-state index >= 15 is 0 Å². The molecule has 0 aliphatic rings. The molecule has 0 fully saturated rings. The number of hydrogen-bond acceptors (Lipinski definition) is 3. The molecule has 1 unspecified atom stereocenters. The molecule has 0 heterocycles. The van der Waals surface area contributed by atoms with Gasteiger partial charge >= 0.3 is 0 Å². The van der Waals surface area contributed by atoms with Crippen LogP contribution in [0.4, 0.5) is 4.39 Å². The van der Waals surface area contributed by atoms with E-state index in [0.29, 0.717) is 6.54 Å². The topological polar surface area (TPSA) is 45.0 Å². The fraction of sp³-hybridized carbons (Fsp3) is 0.417. The van der Waals surface area contributed by atoms with Crippen molar-refractivity contribution in [2.75, 3.05) is 13.7 Å². The number of ether oxygens (including phenoxy) is 1. The minimum atomic E-state index is -0.475. The Balaban J connectivity index is 2.52. The van der Waals surface area contributed by atoms with Crippen LogP contribution in [0.1, 0.15) is 18.1 Å². The van der Waals surface area contributed by atoms with E-state index in [9.17, 15) is 4.39 Å². The summed E-state index contributed by atoms with van der Waals surface area (Å²) in [5, 5.41) is 11.8. The number of nitrogens with zero attached hydrogens (tertiary/aromatic N) is 1. The van der Waals surface area contributed by atoms with Crippen molar-refractivity contribution in [3.05, 3.63) is 35.1 Å². The van der Waals surface area contributed by atoms with Crippen LogP contribution in [0.25, 0.3) is 0 Å². The molecule has 1 atom stereocenters. The zero-order valence-corrected chi connectivity index (χ0v) is 9.46. The summed E-state index contributed by atoms with van der Waals surface area (Å²) >= 11 is 0. The third-order valence-electron chi connectivity index (χ3n) is 2.31. The molecular weight excluding hydrogens is 207 g/mol. The van der Waals surface area contributed by atoms with Gasteiger partial charge in [-0.15, -0.1) is 0 Å². The predicted octanol–water partition coefficient (Wildman–Crippen LogP) is 1.82. The lowest BCUT2D eigenvalue weighted by Crippen LogP contribution is -2.25. The van der Waals surface area contributed by atoms with Crippen LogP contribution in [-0.2, 0) is 11.3 Å². The van der Waals surface area contributed by atoms with Gasteiger partial charge < -0.3 is 10.1 Å². The summed E-state index contributed by atoms with van der Waals surface area (Å²) in [7, 11) is 1.65. The minimum absolute atomic E-state index is 0.0825. The van der Waals surface area contributed by atoms with Crippen LogP contribution in [0.5, 0.6) is 0 Å². The van der Waals surface area contributed by atoms with Crippen molar-refractivity contribution in [3.8, 4) is 6.07 Å². The molecule has 0 bridgehead atoms. The molecule has 0 saturated heterocycles. The van der Waals surface area contributed by atoms with E-state index in [0.717, 1.165) is 12.1 Å². The molecule has 0 amide bonds. The normalized spacial score (nSPS) is 12.1. The van der Waals surface area contributed by atoms with Crippen LogP contribution < -0.4 is 5.32 Å². The average Bonchev–Trinajstić information content (AvgIpc) is 2.31. The van der Waals surface area contributed by atoms with Crippen LogP contribution >= 0.6 is 0 Å². The van der Waals surface area contributed by atoms with E-state index in [1.807, 2.05) is 13.0 Å². The van der Waals surface area contributed by atoms with Gasteiger partial charge in [-0.1, -0.05) is 6.07 Å². The van der Waals surface area contributed by atoms with Gasteiger partial charge in [0.25, 0.3) is 0 Å². The summed E-state index contributed by atoms with van der Waals surface area (Å²) in [6.45, 7) is 3.27. The van der Waals surface area contributed by atoms with Crippen molar-refractivity contribution in [3.63, 3.8) is 0 Å². The summed E-state index contributed by atoms with van der Waals surface area (Å²) in [5.41, 5.74) is 0.973. The standard InChI is InChI=1S/C12H15FN2O/c1-9(16-2)7-15-8-10-3-4-12(13)11(5-10)6-14/h3-5,9,15H,7-8H2,1-2H3. The highest BCUT2D eigenvalue weighted by Gasteiger charge is 2.03. The molecule has 4 heteroatoms. The Morgan fingerprint density at radius 3 is 2.94 bits per heavy atom. The highest BCUT2D eigenvalue weighted by Crippen LogP contribution is 2.09. The maximum Gasteiger partial charge on any atom is 0.140 e. The maximum atomic E-state index is 13.0. The number of benzene rings is 1. The predicted molar refractivity (Wildman–Crippen MR) is 59.3 cm³/mol. The molecule has 1 N–H and O–H groups in total. The van der Waals surface area contributed by atoms with Gasteiger partial charge in [0.1, 0.15) is 11.9 Å². The lowest BCUT2D eigenvalue weighted by atomic mass is 10.1. The Morgan fingerprint density at radius 1 is 1.56 bits per heavy atom. The number of rotatable bonds is 5. The third kappa shape index (κ3) is 3.61. The van der Waals surface area contributed by atoms with Crippen molar-refractivity contribution in [1.82, 2.24) is 5.32 Å². The summed E-state index contributed by atoms with van der Waals surface area (Å²) in [5.74, 6) is -0.475. The fourth-order valence-corrected chi connectivity index (χ4v) is 1.27. The van der Waals surface area contributed by atoms with Gasteiger partial charge in [-0.3, -0.25) is 0 Å². The smallest absolute Gasteiger partial charge is 0.140 e. The van der Waals surface area contributed by atoms with Crippen molar-refractivity contribution < 1.29 is 9.13 Å². The lowest BCUT2D eigenvalue weighted by Gasteiger charge is -2.10. The number of nitrogens with one attached hydrogen (secondary N) is 1. The number of halogens is 1. The van der Waals surface area contributed by atoms with E-state index in [1.54, 1.807) is 19.2 Å². The highest BCUT2D eigenvalue weighted by atomic mass is 19.1. The summed E-state index contributed by atoms with van der Waals surface area (Å²) in [6, 6.07) is 6.36. The molecule has 1 aromatic carbocycles. The minimum Gasteiger partial charge on any atom is -0.380 e. The van der Waals surface area contributed by atoms with Gasteiger partial charge in [-0.25, -0.2) is 4.39 Å². The summed E-state index contributed by atoms with van der Waals surface area (Å²) in [6.07, 6.45) is 0.135. The highest BCUT2D eigenvalue weighted by molar-refractivity contribution is 5.34. The van der Waals surface area contributed by atoms with Crippen molar-refractivity contribution in [2.24, 2.45) is 0 Å².